The van der Waals surface area contributed by atoms with E-state index in [4.69, 9.17) is 0 Å². The van der Waals surface area contributed by atoms with Crippen LogP contribution in [0, 0.1) is 19.8 Å². The van der Waals surface area contributed by atoms with Crippen LogP contribution in [0.25, 0.3) is 0 Å². The average Bonchev–Trinajstić information content (AvgIpc) is 2.50. The highest BCUT2D eigenvalue weighted by Gasteiger charge is 2.26. The van der Waals surface area contributed by atoms with Crippen LogP contribution >= 0.6 is 0 Å². The Kier molecular flexibility index (Phi) is 5.37. The second-order valence-corrected chi connectivity index (χ2v) is 6.15. The summed E-state index contributed by atoms with van der Waals surface area (Å²) in [6.07, 6.45) is 1.94. The number of benzene rings is 1. The summed E-state index contributed by atoms with van der Waals surface area (Å²) in [6, 6.07) is 5.96. The lowest BCUT2D eigenvalue weighted by Crippen LogP contribution is -2.46. The Morgan fingerprint density at radius 1 is 1.38 bits per heavy atom. The van der Waals surface area contributed by atoms with Gasteiger partial charge in [-0.1, -0.05) is 12.1 Å². The quantitative estimate of drug-likeness (QED) is 0.895. The van der Waals surface area contributed by atoms with Crippen molar-refractivity contribution in [2.45, 2.75) is 39.7 Å². The maximum atomic E-state index is 12.4. The monoisotopic (exact) mass is 290 g/mol. The zero-order valence-electron chi connectivity index (χ0n) is 13.2. The summed E-state index contributed by atoms with van der Waals surface area (Å²) in [5.41, 5.74) is 3.13. The van der Waals surface area contributed by atoms with Gasteiger partial charge in [-0.3, -0.25) is 9.69 Å². The molecule has 0 spiro atoms. The first-order valence-electron chi connectivity index (χ1n) is 7.74. The normalized spacial score (nSPS) is 18.5. The van der Waals surface area contributed by atoms with Crippen LogP contribution in [0.5, 0.6) is 0 Å². The molecule has 1 aliphatic heterocycles. The molecule has 1 aliphatic rings. The highest BCUT2D eigenvalue weighted by molar-refractivity contribution is 5.95. The van der Waals surface area contributed by atoms with Crippen molar-refractivity contribution in [2.75, 3.05) is 25.0 Å². The zero-order chi connectivity index (χ0) is 15.4. The molecule has 1 amide bonds. The van der Waals surface area contributed by atoms with Gasteiger partial charge in [0.1, 0.15) is 0 Å². The van der Waals surface area contributed by atoms with E-state index in [1.54, 1.807) is 0 Å². The van der Waals surface area contributed by atoms with Gasteiger partial charge >= 0.3 is 0 Å². The van der Waals surface area contributed by atoms with Gasteiger partial charge in [0.2, 0.25) is 5.91 Å². The number of likely N-dealkylation sites (tertiary alicyclic amines) is 1. The first-order chi connectivity index (χ1) is 10.0. The number of nitrogens with one attached hydrogen (secondary N) is 1. The number of piperidine rings is 1. The van der Waals surface area contributed by atoms with Crippen molar-refractivity contribution < 1.29 is 9.90 Å². The molecule has 1 fully saturated rings. The fourth-order valence-electron chi connectivity index (χ4n) is 2.80. The van der Waals surface area contributed by atoms with Gasteiger partial charge in [0, 0.05) is 12.3 Å². The van der Waals surface area contributed by atoms with Gasteiger partial charge in [-0.05, 0) is 69.8 Å². The van der Waals surface area contributed by atoms with Crippen LogP contribution in [0.4, 0.5) is 5.69 Å². The van der Waals surface area contributed by atoms with Gasteiger partial charge in [0.05, 0.1) is 6.04 Å². The van der Waals surface area contributed by atoms with E-state index in [9.17, 15) is 9.90 Å². The number of carbonyl (C=O) groups is 1. The van der Waals surface area contributed by atoms with Crippen LogP contribution in [0.3, 0.4) is 0 Å². The highest BCUT2D eigenvalue weighted by atomic mass is 16.3. The van der Waals surface area contributed by atoms with E-state index in [0.29, 0.717) is 5.92 Å². The summed E-state index contributed by atoms with van der Waals surface area (Å²) in [5, 5.41) is 12.2. The largest absolute Gasteiger partial charge is 0.396 e. The smallest absolute Gasteiger partial charge is 0.241 e. The lowest BCUT2D eigenvalue weighted by atomic mass is 9.97. The lowest BCUT2D eigenvalue weighted by molar-refractivity contribution is -0.121. The van der Waals surface area contributed by atoms with Crippen molar-refractivity contribution in [2.24, 2.45) is 5.92 Å². The standard InChI is InChI=1S/C17H26N2O2/c1-12-4-5-13(2)16(10-12)18-17(21)14(3)19-8-6-15(11-20)7-9-19/h4-5,10,14-15,20H,6-9,11H2,1-3H3,(H,18,21). The molecule has 1 unspecified atom stereocenters. The van der Waals surface area contributed by atoms with E-state index in [-0.39, 0.29) is 18.6 Å². The molecule has 4 nitrogen and oxygen atoms in total. The number of nitrogens with zero attached hydrogens (tertiary/aromatic N) is 1. The third kappa shape index (κ3) is 4.05. The molecule has 1 saturated heterocycles. The summed E-state index contributed by atoms with van der Waals surface area (Å²) >= 11 is 0. The number of carbonyl (C=O) groups excluding carboxylic acids is 1. The molecule has 0 saturated carbocycles. The Morgan fingerprint density at radius 2 is 2.05 bits per heavy atom. The van der Waals surface area contributed by atoms with Crippen LogP contribution in [0.15, 0.2) is 18.2 Å². The van der Waals surface area contributed by atoms with Gasteiger partial charge < -0.3 is 10.4 Å². The molecule has 116 valence electrons. The molecule has 0 bridgehead atoms. The SMILES string of the molecule is Cc1ccc(C)c(NC(=O)C(C)N2CCC(CO)CC2)c1. The van der Waals surface area contributed by atoms with E-state index < -0.39 is 0 Å². The number of hydrogen-bond donors (Lipinski definition) is 2. The highest BCUT2D eigenvalue weighted by Crippen LogP contribution is 2.20. The third-order valence-electron chi connectivity index (χ3n) is 4.49. The summed E-state index contributed by atoms with van der Waals surface area (Å²) in [4.78, 5) is 14.6. The van der Waals surface area contributed by atoms with E-state index in [0.717, 1.165) is 42.7 Å². The molecule has 21 heavy (non-hydrogen) atoms. The Hall–Kier alpha value is -1.39. The van der Waals surface area contributed by atoms with E-state index >= 15 is 0 Å². The minimum absolute atomic E-state index is 0.0474. The van der Waals surface area contributed by atoms with E-state index in [1.807, 2.05) is 39.0 Å². The molecular formula is C17H26N2O2. The number of rotatable bonds is 4. The van der Waals surface area contributed by atoms with Gasteiger partial charge in [-0.15, -0.1) is 0 Å². The first-order valence-corrected chi connectivity index (χ1v) is 7.74. The van der Waals surface area contributed by atoms with E-state index in [1.165, 1.54) is 0 Å². The lowest BCUT2D eigenvalue weighted by Gasteiger charge is -2.34. The number of amides is 1. The number of aryl methyl sites for hydroxylation is 2. The topological polar surface area (TPSA) is 52.6 Å². The molecule has 2 N–H and O–H groups in total. The van der Waals surface area contributed by atoms with Crippen molar-refractivity contribution in [1.82, 2.24) is 4.90 Å². The summed E-state index contributed by atoms with van der Waals surface area (Å²) in [5.74, 6) is 0.446. The summed E-state index contributed by atoms with van der Waals surface area (Å²) < 4.78 is 0. The molecule has 1 heterocycles. The van der Waals surface area contributed by atoms with Crippen LogP contribution in [0.1, 0.15) is 30.9 Å². The fourth-order valence-corrected chi connectivity index (χ4v) is 2.80. The predicted molar refractivity (Wildman–Crippen MR) is 85.4 cm³/mol. The van der Waals surface area contributed by atoms with Crippen molar-refractivity contribution in [3.63, 3.8) is 0 Å². The van der Waals surface area contributed by atoms with Gasteiger partial charge in [0.15, 0.2) is 0 Å². The molecule has 4 heteroatoms. The van der Waals surface area contributed by atoms with Gasteiger partial charge in [-0.2, -0.15) is 0 Å². The average molecular weight is 290 g/mol. The van der Waals surface area contributed by atoms with Gasteiger partial charge in [-0.25, -0.2) is 0 Å². The Balaban J connectivity index is 1.95. The van der Waals surface area contributed by atoms with Crippen molar-refractivity contribution in [3.05, 3.63) is 29.3 Å². The van der Waals surface area contributed by atoms with Gasteiger partial charge in [0.25, 0.3) is 0 Å². The number of aliphatic hydroxyl groups excluding tert-OH is 1. The maximum Gasteiger partial charge on any atom is 0.241 e. The van der Waals surface area contributed by atoms with Crippen molar-refractivity contribution in [3.8, 4) is 0 Å². The van der Waals surface area contributed by atoms with Crippen molar-refractivity contribution >= 4 is 11.6 Å². The first kappa shape index (κ1) is 16.0. The number of anilines is 1. The number of aliphatic hydroxyl groups is 1. The molecule has 1 atom stereocenters. The predicted octanol–water partition coefficient (Wildman–Crippen LogP) is 2.33. The van der Waals surface area contributed by atoms with Crippen LogP contribution < -0.4 is 5.32 Å². The van der Waals surface area contributed by atoms with Crippen LogP contribution in [-0.4, -0.2) is 41.7 Å². The molecule has 2 rings (SSSR count). The Bertz CT molecular complexity index is 494. The minimum Gasteiger partial charge on any atom is -0.396 e. The molecule has 0 aliphatic carbocycles. The summed E-state index contributed by atoms with van der Waals surface area (Å²) in [7, 11) is 0. The molecule has 0 aromatic heterocycles. The van der Waals surface area contributed by atoms with Crippen LogP contribution in [-0.2, 0) is 4.79 Å². The third-order valence-corrected chi connectivity index (χ3v) is 4.49. The molecular weight excluding hydrogens is 264 g/mol. The van der Waals surface area contributed by atoms with E-state index in [2.05, 4.69) is 10.2 Å². The minimum atomic E-state index is -0.135. The second kappa shape index (κ2) is 7.05. The van der Waals surface area contributed by atoms with Crippen LogP contribution in [0.2, 0.25) is 0 Å². The summed E-state index contributed by atoms with van der Waals surface area (Å²) in [6.45, 7) is 8.01. The Labute approximate surface area is 127 Å². The maximum absolute atomic E-state index is 12.4. The number of hydrogen-bond acceptors (Lipinski definition) is 3. The Morgan fingerprint density at radius 3 is 2.67 bits per heavy atom. The fraction of sp³-hybridized carbons (Fsp3) is 0.588. The molecule has 0 radical (unpaired) electrons. The molecule has 1 aromatic rings. The zero-order valence-corrected chi connectivity index (χ0v) is 13.2. The molecule has 1 aromatic carbocycles. The van der Waals surface area contributed by atoms with Crippen molar-refractivity contribution in [1.29, 1.82) is 0 Å². The second-order valence-electron chi connectivity index (χ2n) is 6.15.